The molecule has 2 fully saturated rings. The zero-order valence-electron chi connectivity index (χ0n) is 28.6. The lowest BCUT2D eigenvalue weighted by Crippen LogP contribution is -2.60. The Balaban J connectivity index is 1.56. The fourth-order valence-electron chi connectivity index (χ4n) is 7.44. The van der Waals surface area contributed by atoms with Crippen LogP contribution in [0, 0.1) is 17.8 Å². The molecule has 2 aliphatic rings. The third-order valence-corrected chi connectivity index (χ3v) is 10.6. The number of pyridine rings is 1. The first-order chi connectivity index (χ1) is 21.2. The van der Waals surface area contributed by atoms with Gasteiger partial charge in [-0.2, -0.15) is 0 Å². The van der Waals surface area contributed by atoms with Gasteiger partial charge in [0.25, 0.3) is 0 Å². The normalized spacial score (nSPS) is 35.6. The first-order valence-electron chi connectivity index (χ1n) is 16.6. The standard InChI is InChI=1S/C35H52BN3O6/c1-9-28-35(7)31(38-33(42)45-35)24(5)39(8)20-21(2)18-34(6,30(36)22(3)29(40)23(4)32(41)44-28)43-16-12-13-25-17-26-14-10-11-15-27(26)37-19-25/h10-11,14-15,17,19,21-24,28,30-31H,9,12-13,16,18,20,36H2,1-8H3,(H,38,42)/t21-,22+,23-,24-,28-,30-,31-,34-,35-/m1/s1. The molecule has 2 saturated heterocycles. The van der Waals surface area contributed by atoms with Gasteiger partial charge in [0.2, 0.25) is 0 Å². The minimum Gasteiger partial charge on any atom is -0.458 e. The average molecular weight is 622 g/mol. The smallest absolute Gasteiger partial charge is 0.408 e. The molecule has 1 amide bonds. The van der Waals surface area contributed by atoms with Crippen molar-refractivity contribution in [2.45, 2.75) is 109 Å². The molecule has 1 N–H and O–H groups in total. The van der Waals surface area contributed by atoms with Gasteiger partial charge in [-0.25, -0.2) is 4.79 Å². The number of carbonyl (C=O) groups excluding carboxylic acids is 3. The van der Waals surface area contributed by atoms with E-state index in [4.69, 9.17) is 14.2 Å². The molecule has 10 heteroatoms. The van der Waals surface area contributed by atoms with Gasteiger partial charge >= 0.3 is 12.1 Å². The predicted molar refractivity (Wildman–Crippen MR) is 178 cm³/mol. The molecule has 4 rings (SSSR count). The van der Waals surface area contributed by atoms with Gasteiger partial charge in [-0.3, -0.25) is 14.6 Å². The van der Waals surface area contributed by atoms with Crippen LogP contribution in [-0.2, 0) is 30.2 Å². The Hall–Kier alpha value is -2.98. The lowest BCUT2D eigenvalue weighted by molar-refractivity contribution is -0.170. The molecule has 9 atom stereocenters. The van der Waals surface area contributed by atoms with E-state index in [0.717, 1.165) is 42.3 Å². The number of carbonyl (C=O) groups is 3. The van der Waals surface area contributed by atoms with Crippen LogP contribution in [0.5, 0.6) is 0 Å². The Labute approximate surface area is 269 Å². The summed E-state index contributed by atoms with van der Waals surface area (Å²) in [4.78, 5) is 46.6. The summed E-state index contributed by atoms with van der Waals surface area (Å²) in [5.41, 5.74) is 0.447. The average Bonchev–Trinajstić information content (AvgIpc) is 3.33. The van der Waals surface area contributed by atoms with E-state index in [-0.39, 0.29) is 23.6 Å². The maximum Gasteiger partial charge on any atom is 0.408 e. The quantitative estimate of drug-likeness (QED) is 0.213. The topological polar surface area (TPSA) is 107 Å². The van der Waals surface area contributed by atoms with Gasteiger partial charge in [0, 0.05) is 36.7 Å². The lowest BCUT2D eigenvalue weighted by atomic mass is 9.62. The fraction of sp³-hybridized carbons (Fsp3) is 0.657. The number of para-hydroxylation sites is 1. The second-order valence-corrected chi connectivity index (χ2v) is 14.0. The highest BCUT2D eigenvalue weighted by molar-refractivity contribution is 6.15. The molecule has 3 heterocycles. The molecule has 1 aromatic carbocycles. The number of aromatic nitrogens is 1. The molecule has 2 aliphatic heterocycles. The van der Waals surface area contributed by atoms with E-state index in [0.29, 0.717) is 13.0 Å². The number of rotatable bonds is 6. The first kappa shape index (κ1) is 34.9. The Bertz CT molecular complexity index is 1370. The number of fused-ring (bicyclic) bond motifs is 2. The molecule has 0 unspecified atom stereocenters. The van der Waals surface area contributed by atoms with Gasteiger partial charge in [-0.05, 0) is 89.9 Å². The summed E-state index contributed by atoms with van der Waals surface area (Å²) in [5.74, 6) is -2.11. The molecule has 246 valence electrons. The van der Waals surface area contributed by atoms with Crippen molar-refractivity contribution >= 4 is 36.6 Å². The van der Waals surface area contributed by atoms with Gasteiger partial charge in [0.05, 0.1) is 17.2 Å². The number of aryl methyl sites for hydroxylation is 1. The molecular weight excluding hydrogens is 569 g/mol. The maximum absolute atomic E-state index is 13.8. The second-order valence-electron chi connectivity index (χ2n) is 14.0. The van der Waals surface area contributed by atoms with Crippen molar-refractivity contribution in [2.24, 2.45) is 17.8 Å². The minimum atomic E-state index is -1.08. The van der Waals surface area contributed by atoms with E-state index in [1.807, 2.05) is 52.2 Å². The third-order valence-electron chi connectivity index (χ3n) is 10.6. The molecule has 0 bridgehead atoms. The van der Waals surface area contributed by atoms with E-state index < -0.39 is 47.2 Å². The Morgan fingerprint density at radius 2 is 1.84 bits per heavy atom. The molecule has 0 spiro atoms. The molecular formula is C35H52BN3O6. The zero-order chi connectivity index (χ0) is 33.1. The Morgan fingerprint density at radius 1 is 1.13 bits per heavy atom. The maximum atomic E-state index is 13.8. The van der Waals surface area contributed by atoms with Crippen LogP contribution < -0.4 is 5.32 Å². The van der Waals surface area contributed by atoms with E-state index >= 15 is 0 Å². The van der Waals surface area contributed by atoms with E-state index in [1.165, 1.54) is 0 Å². The number of benzene rings is 1. The predicted octanol–water partition coefficient (Wildman–Crippen LogP) is 4.75. The number of alkyl carbamates (subject to hydrolysis) is 1. The van der Waals surface area contributed by atoms with Crippen molar-refractivity contribution in [2.75, 3.05) is 20.2 Å². The van der Waals surface area contributed by atoms with Crippen LogP contribution in [0.1, 0.15) is 73.3 Å². The van der Waals surface area contributed by atoms with Crippen molar-refractivity contribution < 1.29 is 28.6 Å². The van der Waals surface area contributed by atoms with Crippen LogP contribution in [0.3, 0.4) is 0 Å². The van der Waals surface area contributed by atoms with Gasteiger partial charge < -0.3 is 24.4 Å². The number of Topliss-reactive ketones (excluding diaryl/α,β-unsaturated/α-hetero) is 1. The van der Waals surface area contributed by atoms with Crippen LogP contribution in [0.2, 0.25) is 5.82 Å². The van der Waals surface area contributed by atoms with Gasteiger partial charge in [-0.15, -0.1) is 0 Å². The summed E-state index contributed by atoms with van der Waals surface area (Å²) in [6.45, 7) is 14.9. The zero-order valence-corrected chi connectivity index (χ0v) is 28.6. The van der Waals surface area contributed by atoms with Crippen molar-refractivity contribution in [3.05, 3.63) is 42.1 Å². The number of cyclic esters (lactones) is 1. The number of ether oxygens (including phenoxy) is 3. The first-order valence-corrected chi connectivity index (χ1v) is 16.6. The lowest BCUT2D eigenvalue weighted by Gasteiger charge is -2.42. The molecule has 45 heavy (non-hydrogen) atoms. The van der Waals surface area contributed by atoms with E-state index in [1.54, 1.807) is 6.92 Å². The highest BCUT2D eigenvalue weighted by Crippen LogP contribution is 2.40. The van der Waals surface area contributed by atoms with Crippen molar-refractivity contribution in [1.82, 2.24) is 15.2 Å². The molecule has 2 aromatic rings. The van der Waals surface area contributed by atoms with Crippen LogP contribution in [0.25, 0.3) is 10.9 Å². The van der Waals surface area contributed by atoms with E-state index in [9.17, 15) is 14.4 Å². The second kappa shape index (κ2) is 14.2. The fourth-order valence-corrected chi connectivity index (χ4v) is 7.44. The molecule has 1 aromatic heterocycles. The summed E-state index contributed by atoms with van der Waals surface area (Å²) in [6.07, 6.45) is 3.51. The number of hydrogen-bond donors (Lipinski definition) is 1. The monoisotopic (exact) mass is 621 g/mol. The van der Waals surface area contributed by atoms with Crippen LogP contribution in [0.4, 0.5) is 4.79 Å². The van der Waals surface area contributed by atoms with Gasteiger partial charge in [0.15, 0.2) is 5.60 Å². The highest BCUT2D eigenvalue weighted by atomic mass is 16.6. The van der Waals surface area contributed by atoms with Gasteiger partial charge in [-0.1, -0.05) is 39.0 Å². The molecule has 0 aliphatic carbocycles. The van der Waals surface area contributed by atoms with Crippen LogP contribution in [-0.4, -0.2) is 85.2 Å². The number of nitrogens with one attached hydrogen (secondary N) is 1. The van der Waals surface area contributed by atoms with Crippen LogP contribution in [0.15, 0.2) is 36.5 Å². The Kier molecular flexibility index (Phi) is 11.0. The summed E-state index contributed by atoms with van der Waals surface area (Å²) >= 11 is 0. The van der Waals surface area contributed by atoms with Crippen LogP contribution >= 0.6 is 0 Å². The summed E-state index contributed by atoms with van der Waals surface area (Å²) in [5, 5.41) is 4.11. The van der Waals surface area contributed by atoms with Crippen molar-refractivity contribution in [3.8, 4) is 0 Å². The molecule has 9 nitrogen and oxygen atoms in total. The number of hydrogen-bond acceptors (Lipinski definition) is 8. The van der Waals surface area contributed by atoms with Gasteiger partial charge in [0.1, 0.15) is 25.7 Å². The number of ketones is 1. The summed E-state index contributed by atoms with van der Waals surface area (Å²) in [6, 6.07) is 9.76. The highest BCUT2D eigenvalue weighted by Gasteiger charge is 2.55. The number of likely N-dealkylation sites (N-methyl/N-ethyl adjacent to an activating group) is 1. The number of esters is 1. The number of amides is 1. The van der Waals surface area contributed by atoms with Crippen molar-refractivity contribution in [1.29, 1.82) is 0 Å². The summed E-state index contributed by atoms with van der Waals surface area (Å²) < 4.78 is 18.5. The Morgan fingerprint density at radius 3 is 2.56 bits per heavy atom. The SMILES string of the molecule is B[C@@H]1[C@@H](C)C(=O)[C@@H](C)C(=O)O[C@H](CC)[C@@]2(C)OC(=O)N[C@@H]2[C@@H](C)N(C)C[C@H](C)C[C@@]1(C)OCCCc1cnc2ccccc2c1. The molecule has 0 saturated carbocycles. The number of nitrogens with zero attached hydrogens (tertiary/aromatic N) is 2. The summed E-state index contributed by atoms with van der Waals surface area (Å²) in [7, 11) is 4.11. The molecule has 0 radical (unpaired) electrons. The van der Waals surface area contributed by atoms with Crippen molar-refractivity contribution in [3.63, 3.8) is 0 Å². The minimum absolute atomic E-state index is 0.111. The largest absolute Gasteiger partial charge is 0.458 e. The third kappa shape index (κ3) is 7.54. The van der Waals surface area contributed by atoms with E-state index in [2.05, 4.69) is 56.0 Å².